The summed E-state index contributed by atoms with van der Waals surface area (Å²) in [5.41, 5.74) is 0. The Morgan fingerprint density at radius 1 is 1.20 bits per heavy atom. The van der Waals surface area contributed by atoms with Gasteiger partial charge >= 0.3 is 5.97 Å². The van der Waals surface area contributed by atoms with E-state index in [9.17, 15) is 4.79 Å². The van der Waals surface area contributed by atoms with Gasteiger partial charge in [-0.2, -0.15) is 0 Å². The van der Waals surface area contributed by atoms with Gasteiger partial charge in [0.1, 0.15) is 5.92 Å². The molecule has 0 bridgehead atoms. The van der Waals surface area contributed by atoms with Gasteiger partial charge in [0.15, 0.2) is 5.79 Å². The molecule has 1 aliphatic carbocycles. The maximum Gasteiger partial charge on any atom is 0.314 e. The van der Waals surface area contributed by atoms with E-state index in [1.54, 1.807) is 6.92 Å². The van der Waals surface area contributed by atoms with Crippen LogP contribution in [0.1, 0.15) is 33.6 Å². The molecule has 1 saturated carbocycles. The predicted octanol–water partition coefficient (Wildman–Crippen LogP) is 1.73. The third kappa shape index (κ3) is 2.49. The summed E-state index contributed by atoms with van der Waals surface area (Å²) in [4.78, 5) is 11.6. The summed E-state index contributed by atoms with van der Waals surface area (Å²) in [7, 11) is 0. The van der Waals surface area contributed by atoms with Crippen LogP contribution in [0.25, 0.3) is 0 Å². The molecule has 0 amide bonds. The van der Waals surface area contributed by atoms with Gasteiger partial charge in [0.05, 0.1) is 6.61 Å². The van der Waals surface area contributed by atoms with Crippen LogP contribution in [0, 0.1) is 5.92 Å². The second kappa shape index (κ2) is 5.47. The molecule has 0 spiro atoms. The lowest BCUT2D eigenvalue weighted by Crippen LogP contribution is -2.55. The maximum atomic E-state index is 11.6. The van der Waals surface area contributed by atoms with E-state index in [1.165, 1.54) is 0 Å². The third-order valence-corrected chi connectivity index (χ3v) is 2.66. The molecule has 1 unspecified atom stereocenters. The molecule has 15 heavy (non-hydrogen) atoms. The number of esters is 1. The molecule has 0 saturated heterocycles. The first-order valence-electron chi connectivity index (χ1n) is 5.64. The first kappa shape index (κ1) is 12.5. The molecule has 0 aliphatic heterocycles. The molecule has 0 aromatic heterocycles. The van der Waals surface area contributed by atoms with Crippen LogP contribution in [0.4, 0.5) is 0 Å². The molecule has 1 atom stereocenters. The summed E-state index contributed by atoms with van der Waals surface area (Å²) in [5, 5.41) is 0. The van der Waals surface area contributed by atoms with Crippen LogP contribution in [-0.4, -0.2) is 31.6 Å². The lowest BCUT2D eigenvalue weighted by atomic mass is 9.77. The molecule has 1 aliphatic rings. The Balaban J connectivity index is 2.60. The summed E-state index contributed by atoms with van der Waals surface area (Å²) in [5.74, 6) is -1.17. The zero-order valence-electron chi connectivity index (χ0n) is 9.75. The Bertz CT molecular complexity index is 209. The zero-order chi connectivity index (χ0) is 11.3. The molecule has 88 valence electrons. The zero-order valence-corrected chi connectivity index (χ0v) is 9.75. The van der Waals surface area contributed by atoms with Crippen molar-refractivity contribution in [2.45, 2.75) is 39.4 Å². The van der Waals surface area contributed by atoms with Crippen LogP contribution >= 0.6 is 0 Å². The summed E-state index contributed by atoms with van der Waals surface area (Å²) in [6.45, 7) is 7.12. The van der Waals surface area contributed by atoms with E-state index in [4.69, 9.17) is 14.2 Å². The van der Waals surface area contributed by atoms with Gasteiger partial charge in [-0.15, -0.1) is 0 Å². The van der Waals surface area contributed by atoms with Crippen molar-refractivity contribution in [1.82, 2.24) is 0 Å². The first-order valence-corrected chi connectivity index (χ1v) is 5.64. The Hall–Kier alpha value is -0.610. The topological polar surface area (TPSA) is 44.8 Å². The molecule has 0 radical (unpaired) electrons. The number of carbonyl (C=O) groups is 1. The second-order valence-corrected chi connectivity index (χ2v) is 3.52. The van der Waals surface area contributed by atoms with E-state index >= 15 is 0 Å². The van der Waals surface area contributed by atoms with Gasteiger partial charge < -0.3 is 14.2 Å². The lowest BCUT2D eigenvalue weighted by Gasteiger charge is -2.46. The molecule has 4 heteroatoms. The molecular weight excluding hydrogens is 196 g/mol. The number of rotatable bonds is 6. The summed E-state index contributed by atoms with van der Waals surface area (Å²) >= 11 is 0. The quantitative estimate of drug-likeness (QED) is 0.501. The van der Waals surface area contributed by atoms with E-state index in [0.29, 0.717) is 19.8 Å². The summed E-state index contributed by atoms with van der Waals surface area (Å²) in [6, 6.07) is 0. The van der Waals surface area contributed by atoms with E-state index in [1.807, 2.05) is 13.8 Å². The molecule has 1 rings (SSSR count). The van der Waals surface area contributed by atoms with Crippen molar-refractivity contribution < 1.29 is 19.0 Å². The lowest BCUT2D eigenvalue weighted by molar-refractivity contribution is -0.304. The normalized spacial score (nSPS) is 23.3. The van der Waals surface area contributed by atoms with Crippen LogP contribution in [0.15, 0.2) is 0 Å². The Labute approximate surface area is 90.9 Å². The van der Waals surface area contributed by atoms with E-state index in [0.717, 1.165) is 12.8 Å². The molecule has 0 heterocycles. The van der Waals surface area contributed by atoms with Crippen LogP contribution in [0.2, 0.25) is 0 Å². The Morgan fingerprint density at radius 3 is 2.13 bits per heavy atom. The van der Waals surface area contributed by atoms with E-state index in [-0.39, 0.29) is 11.9 Å². The standard InChI is InChI=1S/C11H20O4/c1-4-13-10(12)9-7-8-11(9,14-5-2)15-6-3/h9H,4-8H2,1-3H3. The summed E-state index contributed by atoms with van der Waals surface area (Å²) < 4.78 is 16.1. The van der Waals surface area contributed by atoms with Crippen molar-refractivity contribution in [2.24, 2.45) is 5.92 Å². The van der Waals surface area contributed by atoms with Gasteiger partial charge in [-0.05, 0) is 27.2 Å². The van der Waals surface area contributed by atoms with Crippen molar-refractivity contribution in [3.05, 3.63) is 0 Å². The monoisotopic (exact) mass is 216 g/mol. The van der Waals surface area contributed by atoms with E-state index in [2.05, 4.69) is 0 Å². The van der Waals surface area contributed by atoms with E-state index < -0.39 is 5.79 Å². The fourth-order valence-corrected chi connectivity index (χ4v) is 1.94. The Kier molecular flexibility index (Phi) is 4.54. The molecular formula is C11H20O4. The van der Waals surface area contributed by atoms with Gasteiger partial charge in [-0.1, -0.05) is 0 Å². The minimum absolute atomic E-state index is 0.203. The molecule has 1 fully saturated rings. The fraction of sp³-hybridized carbons (Fsp3) is 0.909. The SMILES string of the molecule is CCOC(=O)C1CCC1(OCC)OCC. The molecule has 0 N–H and O–H groups in total. The van der Waals surface area contributed by atoms with Crippen LogP contribution in [0.5, 0.6) is 0 Å². The summed E-state index contributed by atoms with van der Waals surface area (Å²) in [6.07, 6.45) is 1.57. The first-order chi connectivity index (χ1) is 7.20. The highest BCUT2D eigenvalue weighted by Gasteiger charge is 2.53. The largest absolute Gasteiger partial charge is 0.466 e. The van der Waals surface area contributed by atoms with Gasteiger partial charge in [0.2, 0.25) is 0 Å². The highest BCUT2D eigenvalue weighted by molar-refractivity contribution is 5.74. The van der Waals surface area contributed by atoms with Crippen molar-refractivity contribution in [1.29, 1.82) is 0 Å². The fourth-order valence-electron chi connectivity index (χ4n) is 1.94. The minimum Gasteiger partial charge on any atom is -0.466 e. The van der Waals surface area contributed by atoms with Gasteiger partial charge in [0, 0.05) is 19.6 Å². The third-order valence-electron chi connectivity index (χ3n) is 2.66. The van der Waals surface area contributed by atoms with Crippen molar-refractivity contribution in [3.63, 3.8) is 0 Å². The predicted molar refractivity (Wildman–Crippen MR) is 55.3 cm³/mol. The van der Waals surface area contributed by atoms with Crippen LogP contribution < -0.4 is 0 Å². The maximum absolute atomic E-state index is 11.6. The van der Waals surface area contributed by atoms with Crippen LogP contribution in [0.3, 0.4) is 0 Å². The number of hydrogen-bond donors (Lipinski definition) is 0. The highest BCUT2D eigenvalue weighted by atomic mass is 16.7. The Morgan fingerprint density at radius 2 is 1.80 bits per heavy atom. The van der Waals surface area contributed by atoms with Gasteiger partial charge in [0.25, 0.3) is 0 Å². The second-order valence-electron chi connectivity index (χ2n) is 3.52. The van der Waals surface area contributed by atoms with Crippen molar-refractivity contribution >= 4 is 5.97 Å². The highest BCUT2D eigenvalue weighted by Crippen LogP contribution is 2.43. The minimum atomic E-state index is -0.713. The van der Waals surface area contributed by atoms with Crippen molar-refractivity contribution in [3.8, 4) is 0 Å². The molecule has 0 aromatic carbocycles. The average molecular weight is 216 g/mol. The molecule has 0 aromatic rings. The van der Waals surface area contributed by atoms with Crippen LogP contribution in [-0.2, 0) is 19.0 Å². The number of carbonyl (C=O) groups excluding carboxylic acids is 1. The number of hydrogen-bond acceptors (Lipinski definition) is 4. The average Bonchev–Trinajstić information content (AvgIpc) is 2.16. The smallest absolute Gasteiger partial charge is 0.314 e. The molecule has 4 nitrogen and oxygen atoms in total. The van der Waals surface area contributed by atoms with Gasteiger partial charge in [-0.25, -0.2) is 0 Å². The van der Waals surface area contributed by atoms with Crippen molar-refractivity contribution in [2.75, 3.05) is 19.8 Å². The van der Waals surface area contributed by atoms with Gasteiger partial charge in [-0.3, -0.25) is 4.79 Å². The number of ether oxygens (including phenoxy) is 3.